The first-order valence-electron chi connectivity index (χ1n) is 7.59. The lowest BCUT2D eigenvalue weighted by atomic mass is 10.0. The molecule has 0 bridgehead atoms. The molecular formula is C15H30N2O2. The van der Waals surface area contributed by atoms with Crippen LogP contribution in [0, 0.1) is 0 Å². The molecule has 1 aliphatic rings. The number of amides is 1. The van der Waals surface area contributed by atoms with E-state index in [1.165, 1.54) is 12.8 Å². The van der Waals surface area contributed by atoms with Crippen molar-refractivity contribution >= 4 is 6.09 Å². The van der Waals surface area contributed by atoms with Crippen LogP contribution in [0.4, 0.5) is 4.79 Å². The Hall–Kier alpha value is -0.770. The van der Waals surface area contributed by atoms with E-state index in [1.807, 2.05) is 25.7 Å². The molecule has 0 saturated carbocycles. The fourth-order valence-corrected chi connectivity index (χ4v) is 2.41. The van der Waals surface area contributed by atoms with Crippen LogP contribution in [0.2, 0.25) is 0 Å². The maximum absolute atomic E-state index is 11.9. The molecule has 1 saturated heterocycles. The summed E-state index contributed by atoms with van der Waals surface area (Å²) in [4.78, 5) is 13.8. The van der Waals surface area contributed by atoms with Gasteiger partial charge >= 0.3 is 6.09 Å². The summed E-state index contributed by atoms with van der Waals surface area (Å²) >= 11 is 0. The number of rotatable bonds is 4. The lowest BCUT2D eigenvalue weighted by molar-refractivity contribution is 0.0195. The number of ether oxygens (including phenoxy) is 1. The average Bonchev–Trinajstić information content (AvgIpc) is 2.34. The molecule has 19 heavy (non-hydrogen) atoms. The second-order valence-corrected chi connectivity index (χ2v) is 6.42. The first kappa shape index (κ1) is 16.3. The van der Waals surface area contributed by atoms with Crippen LogP contribution in [0.25, 0.3) is 0 Å². The summed E-state index contributed by atoms with van der Waals surface area (Å²) in [5.74, 6) is 0. The zero-order valence-corrected chi connectivity index (χ0v) is 13.2. The maximum Gasteiger partial charge on any atom is 0.410 e. The van der Waals surface area contributed by atoms with Gasteiger partial charge in [0.1, 0.15) is 5.60 Å². The molecule has 4 heteroatoms. The zero-order chi connectivity index (χ0) is 14.5. The normalized spacial score (nSPS) is 17.9. The van der Waals surface area contributed by atoms with Crippen molar-refractivity contribution in [3.63, 3.8) is 0 Å². The van der Waals surface area contributed by atoms with E-state index < -0.39 is 5.60 Å². The zero-order valence-electron chi connectivity index (χ0n) is 13.2. The number of carbonyl (C=O) groups excluding carboxylic acids is 1. The van der Waals surface area contributed by atoms with Crippen LogP contribution < -0.4 is 5.32 Å². The Morgan fingerprint density at radius 3 is 2.21 bits per heavy atom. The summed E-state index contributed by atoms with van der Waals surface area (Å²) in [6.07, 6.45) is 4.21. The molecule has 0 atom stereocenters. The Labute approximate surface area is 117 Å². The van der Waals surface area contributed by atoms with Gasteiger partial charge in [0.25, 0.3) is 0 Å². The third-order valence-corrected chi connectivity index (χ3v) is 3.60. The number of likely N-dealkylation sites (tertiary alicyclic amines) is 1. The molecule has 112 valence electrons. The van der Waals surface area contributed by atoms with E-state index in [-0.39, 0.29) is 6.09 Å². The second kappa shape index (κ2) is 7.13. The van der Waals surface area contributed by atoms with E-state index in [1.54, 1.807) is 0 Å². The molecule has 0 aliphatic carbocycles. The summed E-state index contributed by atoms with van der Waals surface area (Å²) < 4.78 is 5.40. The lowest BCUT2D eigenvalue weighted by Gasteiger charge is -2.35. The van der Waals surface area contributed by atoms with Gasteiger partial charge in [0.05, 0.1) is 0 Å². The molecule has 4 nitrogen and oxygen atoms in total. The second-order valence-electron chi connectivity index (χ2n) is 6.42. The molecule has 0 aromatic heterocycles. The number of carbonyl (C=O) groups is 1. The van der Waals surface area contributed by atoms with Crippen LogP contribution in [0.1, 0.15) is 60.3 Å². The number of hydrogen-bond donors (Lipinski definition) is 1. The van der Waals surface area contributed by atoms with E-state index in [4.69, 9.17) is 4.74 Å². The van der Waals surface area contributed by atoms with Crippen molar-refractivity contribution in [3.05, 3.63) is 0 Å². The van der Waals surface area contributed by atoms with Gasteiger partial charge in [-0.1, -0.05) is 13.8 Å². The molecule has 0 aromatic carbocycles. The SMILES string of the molecule is CCC(CC)NC1CCN(C(=O)OC(C)(C)C)CC1. The minimum atomic E-state index is -0.401. The van der Waals surface area contributed by atoms with Crippen molar-refractivity contribution in [2.45, 2.75) is 78.0 Å². The first-order chi connectivity index (χ1) is 8.85. The minimum Gasteiger partial charge on any atom is -0.444 e. The van der Waals surface area contributed by atoms with Gasteiger partial charge in [0.2, 0.25) is 0 Å². The summed E-state index contributed by atoms with van der Waals surface area (Å²) in [5.41, 5.74) is -0.401. The van der Waals surface area contributed by atoms with Gasteiger partial charge in [-0.2, -0.15) is 0 Å². The Morgan fingerprint density at radius 2 is 1.79 bits per heavy atom. The van der Waals surface area contributed by atoms with E-state index >= 15 is 0 Å². The third kappa shape index (κ3) is 5.81. The molecule has 0 aromatic rings. The summed E-state index contributed by atoms with van der Waals surface area (Å²) in [7, 11) is 0. The minimum absolute atomic E-state index is 0.173. The van der Waals surface area contributed by atoms with Crippen molar-refractivity contribution in [2.24, 2.45) is 0 Å². The van der Waals surface area contributed by atoms with Crippen molar-refractivity contribution in [2.75, 3.05) is 13.1 Å². The fraction of sp³-hybridized carbons (Fsp3) is 0.933. The van der Waals surface area contributed by atoms with Crippen molar-refractivity contribution in [1.82, 2.24) is 10.2 Å². The van der Waals surface area contributed by atoms with Crippen LogP contribution in [0.3, 0.4) is 0 Å². The van der Waals surface area contributed by atoms with Crippen LogP contribution in [0.15, 0.2) is 0 Å². The Bertz CT molecular complexity index is 274. The van der Waals surface area contributed by atoms with E-state index in [0.29, 0.717) is 12.1 Å². The fourth-order valence-electron chi connectivity index (χ4n) is 2.41. The summed E-state index contributed by atoms with van der Waals surface area (Å²) in [6.45, 7) is 11.8. The predicted molar refractivity (Wildman–Crippen MR) is 78.3 cm³/mol. The van der Waals surface area contributed by atoms with Crippen molar-refractivity contribution < 1.29 is 9.53 Å². The summed E-state index contributed by atoms with van der Waals surface area (Å²) in [5, 5.41) is 3.68. The quantitative estimate of drug-likeness (QED) is 0.853. The maximum atomic E-state index is 11.9. The molecule has 1 heterocycles. The first-order valence-corrected chi connectivity index (χ1v) is 7.59. The lowest BCUT2D eigenvalue weighted by Crippen LogP contribution is -2.48. The Kier molecular flexibility index (Phi) is 6.11. The smallest absolute Gasteiger partial charge is 0.410 e. The molecule has 0 unspecified atom stereocenters. The number of hydrogen-bond acceptors (Lipinski definition) is 3. The van der Waals surface area contributed by atoms with Gasteiger partial charge in [-0.15, -0.1) is 0 Å². The molecule has 0 radical (unpaired) electrons. The van der Waals surface area contributed by atoms with E-state index in [2.05, 4.69) is 19.2 Å². The Balaban J connectivity index is 2.34. The van der Waals surface area contributed by atoms with Crippen LogP contribution in [-0.2, 0) is 4.74 Å². The van der Waals surface area contributed by atoms with Crippen LogP contribution >= 0.6 is 0 Å². The molecule has 1 rings (SSSR count). The van der Waals surface area contributed by atoms with Crippen molar-refractivity contribution in [1.29, 1.82) is 0 Å². The number of piperidine rings is 1. The number of nitrogens with one attached hydrogen (secondary N) is 1. The Morgan fingerprint density at radius 1 is 1.26 bits per heavy atom. The van der Waals surface area contributed by atoms with Gasteiger partial charge in [-0.3, -0.25) is 0 Å². The highest BCUT2D eigenvalue weighted by atomic mass is 16.6. The predicted octanol–water partition coefficient (Wildman–Crippen LogP) is 3.16. The van der Waals surface area contributed by atoms with Gasteiger partial charge in [0.15, 0.2) is 0 Å². The largest absolute Gasteiger partial charge is 0.444 e. The van der Waals surface area contributed by atoms with E-state index in [9.17, 15) is 4.79 Å². The van der Waals surface area contributed by atoms with E-state index in [0.717, 1.165) is 25.9 Å². The molecular weight excluding hydrogens is 240 g/mol. The van der Waals surface area contributed by atoms with Crippen molar-refractivity contribution in [3.8, 4) is 0 Å². The van der Waals surface area contributed by atoms with Gasteiger partial charge in [-0.05, 0) is 46.5 Å². The average molecular weight is 270 g/mol. The molecule has 1 fully saturated rings. The van der Waals surface area contributed by atoms with Crippen LogP contribution in [-0.4, -0.2) is 41.8 Å². The molecule has 1 N–H and O–H groups in total. The van der Waals surface area contributed by atoms with Gasteiger partial charge in [0, 0.05) is 25.2 Å². The standard InChI is InChI=1S/C15H30N2O2/c1-6-12(7-2)16-13-8-10-17(11-9-13)14(18)19-15(3,4)5/h12-13,16H,6-11H2,1-5H3. The molecule has 1 amide bonds. The van der Waals surface area contributed by atoms with Gasteiger partial charge < -0.3 is 15.0 Å². The monoisotopic (exact) mass is 270 g/mol. The highest BCUT2D eigenvalue weighted by Crippen LogP contribution is 2.16. The molecule has 0 spiro atoms. The third-order valence-electron chi connectivity index (χ3n) is 3.60. The summed E-state index contributed by atoms with van der Waals surface area (Å²) in [6, 6.07) is 1.15. The number of nitrogens with zero attached hydrogens (tertiary/aromatic N) is 1. The molecule has 1 aliphatic heterocycles. The topological polar surface area (TPSA) is 41.6 Å². The highest BCUT2D eigenvalue weighted by molar-refractivity contribution is 5.68. The van der Waals surface area contributed by atoms with Crippen LogP contribution in [0.5, 0.6) is 0 Å². The van der Waals surface area contributed by atoms with Gasteiger partial charge in [-0.25, -0.2) is 4.79 Å². The highest BCUT2D eigenvalue weighted by Gasteiger charge is 2.27.